The summed E-state index contributed by atoms with van der Waals surface area (Å²) < 4.78 is 10.4. The fourth-order valence-electron chi connectivity index (χ4n) is 3.39. The van der Waals surface area contributed by atoms with E-state index < -0.39 is 24.3 Å². The minimum absolute atomic E-state index is 0.210. The predicted octanol–water partition coefficient (Wildman–Crippen LogP) is 4.57. The van der Waals surface area contributed by atoms with Crippen LogP contribution in [-0.4, -0.2) is 50.8 Å². The van der Waals surface area contributed by atoms with Crippen LogP contribution >= 0.6 is 11.6 Å². The Bertz CT molecular complexity index is 1210. The molecule has 3 aromatic rings. The highest BCUT2D eigenvalue weighted by atomic mass is 35.5. The lowest BCUT2D eigenvalue weighted by Crippen LogP contribution is -2.67. The van der Waals surface area contributed by atoms with Crippen molar-refractivity contribution in [3.8, 4) is 11.8 Å². The Morgan fingerprint density at radius 2 is 1.91 bits per heavy atom. The van der Waals surface area contributed by atoms with Crippen molar-refractivity contribution in [3.63, 3.8) is 0 Å². The first-order valence-corrected chi connectivity index (χ1v) is 11.1. The van der Waals surface area contributed by atoms with E-state index in [0.29, 0.717) is 29.4 Å². The van der Waals surface area contributed by atoms with Crippen LogP contribution in [0.1, 0.15) is 29.4 Å². The van der Waals surface area contributed by atoms with Gasteiger partial charge in [0.1, 0.15) is 12.0 Å². The molecule has 2 aromatic carbocycles. The Hall–Kier alpha value is -4.25. The molecule has 1 saturated heterocycles. The van der Waals surface area contributed by atoms with Crippen molar-refractivity contribution in [2.45, 2.75) is 26.2 Å². The Kier molecular flexibility index (Phi) is 7.06. The summed E-state index contributed by atoms with van der Waals surface area (Å²) >= 11 is 5.98. The van der Waals surface area contributed by atoms with Gasteiger partial charge in [0.15, 0.2) is 12.0 Å². The topological polar surface area (TPSA) is 137 Å². The lowest BCUT2D eigenvalue weighted by Gasteiger charge is -2.41. The average Bonchev–Trinajstić information content (AvgIpc) is 3.31. The monoisotopic (exact) mass is 499 g/mol. The second-order valence-corrected chi connectivity index (χ2v) is 8.05. The first kappa shape index (κ1) is 23.9. The van der Waals surface area contributed by atoms with Gasteiger partial charge >= 0.3 is 24.1 Å². The molecule has 0 spiro atoms. The molecule has 1 fully saturated rings. The van der Waals surface area contributed by atoms with Crippen LogP contribution in [0.4, 0.5) is 15.3 Å². The number of amides is 4. The zero-order valence-corrected chi connectivity index (χ0v) is 19.4. The molecular formula is C23H22ClN5O6. The molecule has 0 radical (unpaired) electrons. The molecule has 1 unspecified atom stereocenters. The van der Waals surface area contributed by atoms with Crippen LogP contribution in [0.15, 0.2) is 59.2 Å². The van der Waals surface area contributed by atoms with Crippen LogP contribution in [0.5, 0.6) is 11.8 Å². The van der Waals surface area contributed by atoms with Gasteiger partial charge in [0, 0.05) is 17.3 Å². The van der Waals surface area contributed by atoms with Gasteiger partial charge in [0.05, 0.1) is 6.54 Å². The van der Waals surface area contributed by atoms with Crippen molar-refractivity contribution in [1.29, 1.82) is 0 Å². The number of carboxylic acid groups (broad SMARTS) is 1. The molecule has 0 saturated carbocycles. The van der Waals surface area contributed by atoms with E-state index in [9.17, 15) is 14.4 Å². The number of rotatable bonds is 9. The summed E-state index contributed by atoms with van der Waals surface area (Å²) in [6.07, 6.45) is 0.591. The molecule has 11 nitrogen and oxygen atoms in total. The molecule has 0 aliphatic carbocycles. The second kappa shape index (κ2) is 10.3. The highest BCUT2D eigenvalue weighted by Crippen LogP contribution is 2.24. The number of carboxylic acids is 1. The van der Waals surface area contributed by atoms with E-state index in [1.165, 1.54) is 9.80 Å². The van der Waals surface area contributed by atoms with Crippen LogP contribution < -0.4 is 15.4 Å². The molecule has 4 amide bonds. The summed E-state index contributed by atoms with van der Waals surface area (Å²) in [6.45, 7) is 2.43. The fraction of sp³-hybridized carbons (Fsp3) is 0.217. The molecule has 1 aliphatic heterocycles. The van der Waals surface area contributed by atoms with Crippen LogP contribution in [0.25, 0.3) is 0 Å². The average molecular weight is 500 g/mol. The number of aromatic nitrogens is 1. The molecule has 2 heterocycles. The number of halogens is 1. The van der Waals surface area contributed by atoms with Gasteiger partial charge in [-0.3, -0.25) is 10.2 Å². The molecular weight excluding hydrogens is 478 g/mol. The highest BCUT2D eigenvalue weighted by molar-refractivity contribution is 6.30. The van der Waals surface area contributed by atoms with Gasteiger partial charge < -0.3 is 19.6 Å². The first-order chi connectivity index (χ1) is 16.8. The normalized spacial score (nSPS) is 15.7. The van der Waals surface area contributed by atoms with Gasteiger partial charge in [-0.05, 0) is 48.4 Å². The molecule has 3 N–H and O–H groups in total. The fourth-order valence-corrected chi connectivity index (χ4v) is 3.51. The number of hydrogen-bond donors (Lipinski definition) is 3. The quantitative estimate of drug-likeness (QED) is 0.389. The van der Waals surface area contributed by atoms with E-state index >= 15 is 0 Å². The predicted molar refractivity (Wildman–Crippen MR) is 125 cm³/mol. The third kappa shape index (κ3) is 5.64. The number of oxazole rings is 1. The maximum Gasteiger partial charge on any atom is 0.399 e. The number of hydrogen-bond acceptors (Lipinski definition) is 7. The van der Waals surface area contributed by atoms with E-state index in [4.69, 9.17) is 25.9 Å². The zero-order chi connectivity index (χ0) is 24.9. The summed E-state index contributed by atoms with van der Waals surface area (Å²) in [5, 5.41) is 15.5. The first-order valence-electron chi connectivity index (χ1n) is 10.7. The van der Waals surface area contributed by atoms with Crippen LogP contribution in [0.2, 0.25) is 5.02 Å². The van der Waals surface area contributed by atoms with Crippen LogP contribution in [-0.2, 0) is 6.54 Å². The molecule has 4 rings (SSSR count). The van der Waals surface area contributed by atoms with Gasteiger partial charge in [-0.1, -0.05) is 30.7 Å². The van der Waals surface area contributed by atoms with Gasteiger partial charge in [0.25, 0.3) is 0 Å². The maximum absolute atomic E-state index is 13.2. The summed E-state index contributed by atoms with van der Waals surface area (Å²) in [5.74, 6) is -0.877. The summed E-state index contributed by atoms with van der Waals surface area (Å²) in [5.41, 5.74) is 1.17. The maximum atomic E-state index is 13.2. The van der Waals surface area contributed by atoms with E-state index in [2.05, 4.69) is 15.6 Å². The molecule has 0 bridgehead atoms. The van der Waals surface area contributed by atoms with Crippen LogP contribution in [0, 0.1) is 0 Å². The number of carbonyl (C=O) groups is 3. The smallest absolute Gasteiger partial charge is 0.399 e. The van der Waals surface area contributed by atoms with E-state index in [1.807, 2.05) is 19.1 Å². The van der Waals surface area contributed by atoms with Gasteiger partial charge in [0.2, 0.25) is 0 Å². The standard InChI is InChI=1S/C23H22ClN5O6/c1-2-11-28-21(32)27-20(29(23(28)33)12-14-3-5-15(24)6-4-14)25-16-7-9-17(10-8-16)35-22-26-18(13-34-22)19(30)31/h3-10,13,20,25H,2,11-12H2,1H3,(H,27,32)(H,30,31). The number of anilines is 1. The third-order valence-electron chi connectivity index (χ3n) is 5.07. The Labute approximate surface area is 205 Å². The Balaban J connectivity index is 1.49. The lowest BCUT2D eigenvalue weighted by atomic mass is 10.2. The second-order valence-electron chi connectivity index (χ2n) is 7.62. The third-order valence-corrected chi connectivity index (χ3v) is 5.32. The minimum Gasteiger partial charge on any atom is -0.476 e. The molecule has 1 aromatic heterocycles. The molecule has 35 heavy (non-hydrogen) atoms. The Morgan fingerprint density at radius 3 is 2.54 bits per heavy atom. The van der Waals surface area contributed by atoms with Crippen molar-refractivity contribution >= 4 is 35.3 Å². The number of aromatic carboxylic acids is 1. The lowest BCUT2D eigenvalue weighted by molar-refractivity contribution is 0.0690. The Morgan fingerprint density at radius 1 is 1.20 bits per heavy atom. The summed E-state index contributed by atoms with van der Waals surface area (Å²) in [4.78, 5) is 43.0. The van der Waals surface area contributed by atoms with Gasteiger partial charge in [-0.2, -0.15) is 4.98 Å². The summed E-state index contributed by atoms with van der Waals surface area (Å²) in [7, 11) is 0. The van der Waals surface area contributed by atoms with Crippen molar-refractivity contribution < 1.29 is 28.6 Å². The SMILES string of the molecule is CCCN1C(=O)NC(Nc2ccc(Oc3nc(C(=O)O)co3)cc2)N(Cc2ccc(Cl)cc2)C1=O. The highest BCUT2D eigenvalue weighted by Gasteiger charge is 2.38. The van der Waals surface area contributed by atoms with Crippen molar-refractivity contribution in [2.24, 2.45) is 0 Å². The molecule has 1 atom stereocenters. The van der Waals surface area contributed by atoms with E-state index in [-0.39, 0.29) is 18.3 Å². The van der Waals surface area contributed by atoms with E-state index in [1.54, 1.807) is 36.4 Å². The van der Waals surface area contributed by atoms with Crippen molar-refractivity contribution in [3.05, 3.63) is 71.1 Å². The number of benzene rings is 2. The van der Waals surface area contributed by atoms with E-state index in [0.717, 1.165) is 11.8 Å². The van der Waals surface area contributed by atoms with Crippen molar-refractivity contribution in [2.75, 3.05) is 11.9 Å². The number of carbonyl (C=O) groups excluding carboxylic acids is 2. The number of nitrogens with zero attached hydrogens (tertiary/aromatic N) is 3. The number of nitrogens with one attached hydrogen (secondary N) is 2. The molecule has 182 valence electrons. The van der Waals surface area contributed by atoms with Gasteiger partial charge in [-0.25, -0.2) is 19.3 Å². The molecule has 1 aliphatic rings. The largest absolute Gasteiger partial charge is 0.476 e. The zero-order valence-electron chi connectivity index (χ0n) is 18.6. The summed E-state index contributed by atoms with van der Waals surface area (Å²) in [6, 6.07) is 12.8. The number of urea groups is 2. The van der Waals surface area contributed by atoms with Crippen molar-refractivity contribution in [1.82, 2.24) is 20.1 Å². The van der Waals surface area contributed by atoms with Gasteiger partial charge in [-0.15, -0.1) is 0 Å². The number of ether oxygens (including phenoxy) is 1. The minimum atomic E-state index is -1.23. The van der Waals surface area contributed by atoms with Crippen LogP contribution in [0.3, 0.4) is 0 Å². The molecule has 12 heteroatoms. The number of imide groups is 1.